The van der Waals surface area contributed by atoms with Crippen LogP contribution in [0.5, 0.6) is 5.75 Å². The van der Waals surface area contributed by atoms with E-state index >= 15 is 0 Å². The first-order valence-electron chi connectivity index (χ1n) is 3.85. The predicted molar refractivity (Wildman–Crippen MR) is 50.3 cm³/mol. The highest BCUT2D eigenvalue weighted by Gasteiger charge is 1.97. The molecule has 0 aromatic heterocycles. The van der Waals surface area contributed by atoms with Gasteiger partial charge in [-0.25, -0.2) is 0 Å². The van der Waals surface area contributed by atoms with Crippen LogP contribution >= 0.6 is 0 Å². The Bertz CT molecular complexity index is 307. The minimum atomic E-state index is 0.685. The number of methoxy groups -OCH3 is 1. The van der Waals surface area contributed by atoms with Crippen molar-refractivity contribution in [3.05, 3.63) is 29.3 Å². The molecule has 1 rings (SSSR count). The van der Waals surface area contributed by atoms with Crippen LogP contribution in [-0.2, 0) is 6.42 Å². The molecule has 1 aromatic carbocycles. The minimum Gasteiger partial charge on any atom is -0.496 e. The highest BCUT2D eigenvalue weighted by Crippen LogP contribution is 2.18. The quantitative estimate of drug-likeness (QED) is 0.602. The molecule has 0 saturated heterocycles. The SMILES string of the molecule is C#CCc1ccc(OC)c(C)c1. The van der Waals surface area contributed by atoms with E-state index in [0.29, 0.717) is 6.42 Å². The third-order valence-corrected chi connectivity index (χ3v) is 1.77. The van der Waals surface area contributed by atoms with Crippen molar-refractivity contribution in [3.8, 4) is 18.1 Å². The Labute approximate surface area is 73.4 Å². The van der Waals surface area contributed by atoms with Crippen LogP contribution in [0.1, 0.15) is 11.1 Å². The average Bonchev–Trinajstić information content (AvgIpc) is 2.05. The molecule has 0 N–H and O–H groups in total. The fourth-order valence-corrected chi connectivity index (χ4v) is 1.17. The second-order valence-corrected chi connectivity index (χ2v) is 2.68. The van der Waals surface area contributed by atoms with Crippen molar-refractivity contribution >= 4 is 0 Å². The molecule has 12 heavy (non-hydrogen) atoms. The fraction of sp³-hybridized carbons (Fsp3) is 0.273. The van der Waals surface area contributed by atoms with Crippen molar-refractivity contribution < 1.29 is 4.74 Å². The molecule has 1 heteroatoms. The number of benzene rings is 1. The molecule has 1 nitrogen and oxygen atoms in total. The Hall–Kier alpha value is -1.42. The van der Waals surface area contributed by atoms with E-state index in [1.54, 1.807) is 7.11 Å². The van der Waals surface area contributed by atoms with Gasteiger partial charge in [-0.05, 0) is 24.1 Å². The van der Waals surface area contributed by atoms with Gasteiger partial charge in [0.2, 0.25) is 0 Å². The first kappa shape index (κ1) is 8.67. The fourth-order valence-electron chi connectivity index (χ4n) is 1.17. The zero-order valence-electron chi connectivity index (χ0n) is 7.42. The summed E-state index contributed by atoms with van der Waals surface area (Å²) in [4.78, 5) is 0. The van der Waals surface area contributed by atoms with E-state index in [9.17, 15) is 0 Å². The summed E-state index contributed by atoms with van der Waals surface area (Å²) in [7, 11) is 1.67. The molecule has 0 heterocycles. The van der Waals surface area contributed by atoms with Gasteiger partial charge in [0.15, 0.2) is 0 Å². The van der Waals surface area contributed by atoms with E-state index in [1.807, 2.05) is 19.1 Å². The summed E-state index contributed by atoms with van der Waals surface area (Å²) < 4.78 is 5.13. The lowest BCUT2D eigenvalue weighted by atomic mass is 10.1. The van der Waals surface area contributed by atoms with E-state index in [-0.39, 0.29) is 0 Å². The molecular weight excluding hydrogens is 148 g/mol. The number of rotatable bonds is 2. The van der Waals surface area contributed by atoms with Crippen LogP contribution in [0.4, 0.5) is 0 Å². The number of terminal acetylenes is 1. The van der Waals surface area contributed by atoms with Gasteiger partial charge in [-0.2, -0.15) is 0 Å². The molecule has 0 aliphatic carbocycles. The Morgan fingerprint density at radius 3 is 2.75 bits per heavy atom. The molecule has 1 aromatic rings. The molecule has 0 radical (unpaired) electrons. The Morgan fingerprint density at radius 1 is 1.50 bits per heavy atom. The maximum Gasteiger partial charge on any atom is 0.121 e. The first-order chi connectivity index (χ1) is 5.77. The predicted octanol–water partition coefficient (Wildman–Crippen LogP) is 2.18. The van der Waals surface area contributed by atoms with Gasteiger partial charge < -0.3 is 4.74 Å². The Kier molecular flexibility index (Phi) is 2.76. The van der Waals surface area contributed by atoms with Crippen molar-refractivity contribution in [2.75, 3.05) is 7.11 Å². The lowest BCUT2D eigenvalue weighted by Crippen LogP contribution is -1.89. The molecule has 0 amide bonds. The monoisotopic (exact) mass is 160 g/mol. The molecule has 0 atom stereocenters. The smallest absolute Gasteiger partial charge is 0.121 e. The van der Waals surface area contributed by atoms with Gasteiger partial charge in [0.05, 0.1) is 7.11 Å². The number of hydrogen-bond donors (Lipinski definition) is 0. The van der Waals surface area contributed by atoms with E-state index in [2.05, 4.69) is 12.0 Å². The molecular formula is C11H12O. The maximum absolute atomic E-state index is 5.20. The van der Waals surface area contributed by atoms with E-state index in [4.69, 9.17) is 11.2 Å². The van der Waals surface area contributed by atoms with Crippen molar-refractivity contribution in [1.82, 2.24) is 0 Å². The normalized spacial score (nSPS) is 9.08. The van der Waals surface area contributed by atoms with Gasteiger partial charge in [-0.3, -0.25) is 0 Å². The summed E-state index contributed by atoms with van der Waals surface area (Å²) in [6.07, 6.45) is 5.89. The molecule has 0 spiro atoms. The van der Waals surface area contributed by atoms with Crippen LogP contribution in [0.2, 0.25) is 0 Å². The van der Waals surface area contributed by atoms with Gasteiger partial charge in [-0.15, -0.1) is 12.3 Å². The summed E-state index contributed by atoms with van der Waals surface area (Å²) in [5.41, 5.74) is 2.29. The lowest BCUT2D eigenvalue weighted by molar-refractivity contribution is 0.411. The van der Waals surface area contributed by atoms with Crippen molar-refractivity contribution in [3.63, 3.8) is 0 Å². The second kappa shape index (κ2) is 3.82. The third kappa shape index (κ3) is 1.79. The number of ether oxygens (including phenoxy) is 1. The van der Waals surface area contributed by atoms with Gasteiger partial charge in [0.25, 0.3) is 0 Å². The average molecular weight is 160 g/mol. The molecule has 62 valence electrons. The third-order valence-electron chi connectivity index (χ3n) is 1.77. The summed E-state index contributed by atoms with van der Waals surface area (Å²) in [5, 5.41) is 0. The van der Waals surface area contributed by atoms with Crippen LogP contribution < -0.4 is 4.74 Å². The zero-order valence-corrected chi connectivity index (χ0v) is 7.42. The number of hydrogen-bond acceptors (Lipinski definition) is 1. The molecule has 0 saturated carbocycles. The summed E-state index contributed by atoms with van der Waals surface area (Å²) in [5.74, 6) is 3.52. The zero-order chi connectivity index (χ0) is 8.97. The highest BCUT2D eigenvalue weighted by molar-refractivity contribution is 5.37. The standard InChI is InChI=1S/C11H12O/c1-4-5-10-6-7-11(12-3)9(2)8-10/h1,6-8H,5H2,2-3H3. The first-order valence-corrected chi connectivity index (χ1v) is 3.85. The Morgan fingerprint density at radius 2 is 2.25 bits per heavy atom. The van der Waals surface area contributed by atoms with Gasteiger partial charge in [-0.1, -0.05) is 12.1 Å². The van der Waals surface area contributed by atoms with Gasteiger partial charge >= 0.3 is 0 Å². The van der Waals surface area contributed by atoms with Crippen LogP contribution in [0, 0.1) is 19.3 Å². The summed E-state index contributed by atoms with van der Waals surface area (Å²) >= 11 is 0. The Balaban J connectivity index is 2.95. The van der Waals surface area contributed by atoms with Crippen LogP contribution in [0.15, 0.2) is 18.2 Å². The van der Waals surface area contributed by atoms with Gasteiger partial charge in [0, 0.05) is 6.42 Å². The van der Waals surface area contributed by atoms with E-state index in [0.717, 1.165) is 16.9 Å². The number of aryl methyl sites for hydroxylation is 1. The maximum atomic E-state index is 5.20. The minimum absolute atomic E-state index is 0.685. The summed E-state index contributed by atoms with van der Waals surface area (Å²) in [6.45, 7) is 2.01. The van der Waals surface area contributed by atoms with Crippen molar-refractivity contribution in [2.24, 2.45) is 0 Å². The summed E-state index contributed by atoms with van der Waals surface area (Å²) in [6, 6.07) is 5.99. The van der Waals surface area contributed by atoms with Crippen molar-refractivity contribution in [1.29, 1.82) is 0 Å². The molecule has 0 aliphatic rings. The molecule has 0 bridgehead atoms. The topological polar surface area (TPSA) is 9.23 Å². The molecule has 0 aliphatic heterocycles. The highest BCUT2D eigenvalue weighted by atomic mass is 16.5. The second-order valence-electron chi connectivity index (χ2n) is 2.68. The van der Waals surface area contributed by atoms with Crippen molar-refractivity contribution in [2.45, 2.75) is 13.3 Å². The van der Waals surface area contributed by atoms with E-state index in [1.165, 1.54) is 0 Å². The van der Waals surface area contributed by atoms with E-state index < -0.39 is 0 Å². The lowest BCUT2D eigenvalue weighted by Gasteiger charge is -2.04. The largest absolute Gasteiger partial charge is 0.496 e. The van der Waals surface area contributed by atoms with Crippen LogP contribution in [0.3, 0.4) is 0 Å². The van der Waals surface area contributed by atoms with Crippen LogP contribution in [0.25, 0.3) is 0 Å². The van der Waals surface area contributed by atoms with Crippen LogP contribution in [-0.4, -0.2) is 7.11 Å². The molecule has 0 fully saturated rings. The molecule has 0 unspecified atom stereocenters. The van der Waals surface area contributed by atoms with Gasteiger partial charge in [0.1, 0.15) is 5.75 Å².